The third-order valence-corrected chi connectivity index (χ3v) is 0.328. The zero-order valence-corrected chi connectivity index (χ0v) is 7.29. The minimum absolute atomic E-state index is 0. The molecule has 0 unspecified atom stereocenters. The van der Waals surface area contributed by atoms with Crippen molar-refractivity contribution in [2.45, 2.75) is 6.92 Å². The second-order valence-corrected chi connectivity index (χ2v) is 1.34. The van der Waals surface area contributed by atoms with Crippen LogP contribution in [0.15, 0.2) is 0 Å². The van der Waals surface area contributed by atoms with Crippen LogP contribution in [0.2, 0.25) is 0 Å². The minimum atomic E-state index is -0.961. The Labute approximate surface area is 67.4 Å². The van der Waals surface area contributed by atoms with Crippen molar-refractivity contribution in [1.82, 2.24) is 10.6 Å². The van der Waals surface area contributed by atoms with E-state index < -0.39 is 6.09 Å². The van der Waals surface area contributed by atoms with Crippen LogP contribution in [-0.4, -0.2) is 31.8 Å². The maximum atomic E-state index is 9.49. The van der Waals surface area contributed by atoms with Gasteiger partial charge >= 0.3 is 6.09 Å². The molecule has 0 aromatic carbocycles. The van der Waals surface area contributed by atoms with E-state index in [1.807, 2.05) is 14.1 Å². The standard InChI is InChI=1S/C3H7NO2.C2H7N.ClH/c1-2-4-3(5)6;1-3-2;/h4H,2H2,1H3,(H,5,6);3H,1-2H3;1H. The maximum Gasteiger partial charge on any atom is 0.404 e. The molecule has 0 rings (SSSR count). The molecule has 0 spiro atoms. The molecule has 5 heteroatoms. The summed E-state index contributed by atoms with van der Waals surface area (Å²) in [4.78, 5) is 9.49. The van der Waals surface area contributed by atoms with Crippen LogP contribution in [0, 0.1) is 0 Å². The van der Waals surface area contributed by atoms with E-state index in [1.165, 1.54) is 0 Å². The van der Waals surface area contributed by atoms with Crippen molar-refractivity contribution >= 4 is 18.5 Å². The van der Waals surface area contributed by atoms with E-state index in [1.54, 1.807) is 6.92 Å². The van der Waals surface area contributed by atoms with Crippen molar-refractivity contribution in [2.24, 2.45) is 0 Å². The largest absolute Gasteiger partial charge is 0.465 e. The number of amides is 1. The van der Waals surface area contributed by atoms with Crippen LogP contribution in [0.3, 0.4) is 0 Å². The van der Waals surface area contributed by atoms with E-state index in [0.29, 0.717) is 6.54 Å². The first kappa shape index (κ1) is 16.3. The fourth-order valence-electron chi connectivity index (χ4n) is 0.151. The molecular weight excluding hydrogens is 156 g/mol. The summed E-state index contributed by atoms with van der Waals surface area (Å²) in [6.07, 6.45) is -0.961. The molecule has 0 saturated heterocycles. The lowest BCUT2D eigenvalue weighted by molar-refractivity contribution is 0.195. The lowest BCUT2D eigenvalue weighted by Gasteiger charge is -1.87. The van der Waals surface area contributed by atoms with Crippen LogP contribution in [0.5, 0.6) is 0 Å². The number of halogens is 1. The lowest BCUT2D eigenvalue weighted by Crippen LogP contribution is -2.19. The Morgan fingerprint density at radius 3 is 1.80 bits per heavy atom. The quantitative estimate of drug-likeness (QED) is 0.538. The minimum Gasteiger partial charge on any atom is -0.465 e. The first-order valence-electron chi connectivity index (χ1n) is 2.74. The van der Waals surface area contributed by atoms with Gasteiger partial charge in [-0.3, -0.25) is 0 Å². The van der Waals surface area contributed by atoms with Gasteiger partial charge in [-0.1, -0.05) is 0 Å². The molecular formula is C5H15ClN2O2. The van der Waals surface area contributed by atoms with Crippen molar-refractivity contribution in [3.05, 3.63) is 0 Å². The summed E-state index contributed by atoms with van der Waals surface area (Å²) in [6.45, 7) is 2.21. The van der Waals surface area contributed by atoms with Gasteiger partial charge in [0.1, 0.15) is 0 Å². The van der Waals surface area contributed by atoms with Gasteiger partial charge in [-0.25, -0.2) is 4.79 Å². The summed E-state index contributed by atoms with van der Waals surface area (Å²) in [6, 6.07) is 0. The van der Waals surface area contributed by atoms with Gasteiger partial charge in [0.15, 0.2) is 0 Å². The number of carbonyl (C=O) groups is 1. The Balaban J connectivity index is -0.000000107. The molecule has 0 aromatic rings. The lowest BCUT2D eigenvalue weighted by atomic mass is 10.8. The molecule has 4 nitrogen and oxygen atoms in total. The molecule has 0 aliphatic heterocycles. The molecule has 10 heavy (non-hydrogen) atoms. The highest BCUT2D eigenvalue weighted by Gasteiger charge is 1.82. The van der Waals surface area contributed by atoms with Gasteiger partial charge in [-0.05, 0) is 21.0 Å². The van der Waals surface area contributed by atoms with Crippen molar-refractivity contribution < 1.29 is 9.90 Å². The van der Waals surface area contributed by atoms with Crippen molar-refractivity contribution in [2.75, 3.05) is 20.6 Å². The molecule has 0 radical (unpaired) electrons. The normalized spacial score (nSPS) is 6.30. The van der Waals surface area contributed by atoms with Gasteiger partial charge < -0.3 is 15.7 Å². The second-order valence-electron chi connectivity index (χ2n) is 1.34. The molecule has 64 valence electrons. The van der Waals surface area contributed by atoms with Crippen molar-refractivity contribution in [3.63, 3.8) is 0 Å². The highest BCUT2D eigenvalue weighted by atomic mass is 35.5. The average molecular weight is 171 g/mol. The monoisotopic (exact) mass is 170 g/mol. The van der Waals surface area contributed by atoms with Crippen LogP contribution in [-0.2, 0) is 0 Å². The molecule has 0 aromatic heterocycles. The van der Waals surface area contributed by atoms with Crippen molar-refractivity contribution in [3.8, 4) is 0 Å². The van der Waals surface area contributed by atoms with Crippen LogP contribution in [0.25, 0.3) is 0 Å². The first-order valence-corrected chi connectivity index (χ1v) is 2.74. The number of rotatable bonds is 1. The number of hydrogen-bond acceptors (Lipinski definition) is 2. The molecule has 0 bridgehead atoms. The molecule has 1 amide bonds. The summed E-state index contributed by atoms with van der Waals surface area (Å²) in [5, 5.41) is 12.7. The second kappa shape index (κ2) is 15.8. The van der Waals surface area contributed by atoms with E-state index >= 15 is 0 Å². The molecule has 0 fully saturated rings. The Morgan fingerprint density at radius 1 is 1.50 bits per heavy atom. The van der Waals surface area contributed by atoms with Gasteiger partial charge in [0, 0.05) is 6.54 Å². The Kier molecular flexibility index (Phi) is 25.7. The predicted octanol–water partition coefficient (Wildman–Crippen LogP) is 0.531. The van der Waals surface area contributed by atoms with Gasteiger partial charge in [0.2, 0.25) is 0 Å². The smallest absolute Gasteiger partial charge is 0.404 e. The van der Waals surface area contributed by atoms with Crippen LogP contribution >= 0.6 is 12.4 Å². The topological polar surface area (TPSA) is 61.4 Å². The third-order valence-electron chi connectivity index (χ3n) is 0.328. The maximum absolute atomic E-state index is 9.49. The zero-order valence-electron chi connectivity index (χ0n) is 6.47. The molecule has 3 N–H and O–H groups in total. The van der Waals surface area contributed by atoms with E-state index in [0.717, 1.165) is 0 Å². The highest BCUT2D eigenvalue weighted by Crippen LogP contribution is 1.54. The fourth-order valence-corrected chi connectivity index (χ4v) is 0.151. The van der Waals surface area contributed by atoms with E-state index in [9.17, 15) is 4.79 Å². The van der Waals surface area contributed by atoms with E-state index in [-0.39, 0.29) is 12.4 Å². The first-order chi connectivity index (χ1) is 4.18. The Hall–Kier alpha value is -0.480. The Bertz CT molecular complexity index is 70.7. The van der Waals surface area contributed by atoms with E-state index in [2.05, 4.69) is 10.6 Å². The summed E-state index contributed by atoms with van der Waals surface area (Å²) in [5.74, 6) is 0. The van der Waals surface area contributed by atoms with E-state index in [4.69, 9.17) is 5.11 Å². The average Bonchev–Trinajstić information content (AvgIpc) is 1.67. The molecule has 0 saturated carbocycles. The van der Waals surface area contributed by atoms with Gasteiger partial charge in [0.25, 0.3) is 0 Å². The zero-order chi connectivity index (χ0) is 7.70. The van der Waals surface area contributed by atoms with Crippen LogP contribution in [0.1, 0.15) is 6.92 Å². The SMILES string of the molecule is CCNC(=O)O.CNC.Cl. The van der Waals surface area contributed by atoms with Crippen molar-refractivity contribution in [1.29, 1.82) is 0 Å². The summed E-state index contributed by atoms with van der Waals surface area (Å²) in [7, 11) is 3.75. The van der Waals surface area contributed by atoms with Gasteiger partial charge in [0.05, 0.1) is 0 Å². The number of hydrogen-bond donors (Lipinski definition) is 3. The number of nitrogens with one attached hydrogen (secondary N) is 2. The van der Waals surface area contributed by atoms with Crippen LogP contribution < -0.4 is 10.6 Å². The fraction of sp³-hybridized carbons (Fsp3) is 0.800. The molecule has 0 atom stereocenters. The third kappa shape index (κ3) is 50.3. The highest BCUT2D eigenvalue weighted by molar-refractivity contribution is 5.85. The molecule has 0 aliphatic carbocycles. The van der Waals surface area contributed by atoms with Crippen LogP contribution in [0.4, 0.5) is 4.79 Å². The van der Waals surface area contributed by atoms with Gasteiger partial charge in [-0.2, -0.15) is 0 Å². The summed E-state index contributed by atoms with van der Waals surface area (Å²) in [5.41, 5.74) is 0. The molecule has 0 heterocycles. The molecule has 0 aliphatic rings. The summed E-state index contributed by atoms with van der Waals surface area (Å²) >= 11 is 0. The number of carboxylic acid groups (broad SMARTS) is 1. The van der Waals surface area contributed by atoms with Gasteiger partial charge in [-0.15, -0.1) is 12.4 Å². The predicted molar refractivity (Wildman–Crippen MR) is 43.9 cm³/mol. The summed E-state index contributed by atoms with van der Waals surface area (Å²) < 4.78 is 0. The Morgan fingerprint density at radius 2 is 1.80 bits per heavy atom.